The standard InChI is InChI=1S/C3H2O2S4Se/c4-10(5)3-8-1(6)2(7)9-3/h(H2-,4,5,6,7)/p+1. The molecule has 0 aliphatic heterocycles. The summed E-state index contributed by atoms with van der Waals surface area (Å²) < 4.78 is 21.2. The molecule has 0 amide bonds. The van der Waals surface area contributed by atoms with E-state index in [1.165, 1.54) is 22.7 Å². The summed E-state index contributed by atoms with van der Waals surface area (Å²) in [4.78, 5) is 0. The van der Waals surface area contributed by atoms with Gasteiger partial charge in [0.25, 0.3) is 0 Å². The van der Waals surface area contributed by atoms with Gasteiger partial charge in [-0.15, -0.1) is 0 Å². The molecule has 0 bridgehead atoms. The Kier molecular flexibility index (Phi) is 3.30. The van der Waals surface area contributed by atoms with Crippen molar-refractivity contribution < 1.29 is 8.02 Å². The summed E-state index contributed by atoms with van der Waals surface area (Å²) in [5, 5.41) is 0. The van der Waals surface area contributed by atoms with Crippen molar-refractivity contribution in [3.63, 3.8) is 0 Å². The molecule has 1 unspecified atom stereocenters. The van der Waals surface area contributed by atoms with Crippen LogP contribution in [0, 0.1) is 0 Å². The molecule has 1 aromatic heterocycles. The molecular weight excluding hydrogens is 275 g/mol. The fraction of sp³-hybridized carbons (Fsp3) is 0. The Morgan fingerprint density at radius 1 is 1.60 bits per heavy atom. The molecule has 1 rings (SSSR count). The Balaban J connectivity index is 3.10. The van der Waals surface area contributed by atoms with Crippen LogP contribution in [0.5, 0.6) is 0 Å². The Morgan fingerprint density at radius 2 is 2.20 bits per heavy atom. The van der Waals surface area contributed by atoms with Crippen molar-refractivity contribution in [2.24, 2.45) is 0 Å². The number of thiol groups is 2. The molecule has 0 aliphatic carbocycles. The van der Waals surface area contributed by atoms with Crippen molar-refractivity contribution in [3.05, 3.63) is 0 Å². The number of hydrogen-bond acceptors (Lipinski definition) is 4. The molecule has 2 nitrogen and oxygen atoms in total. The molecule has 0 saturated carbocycles. The Labute approximate surface area is 81.2 Å². The third-order valence-corrected chi connectivity index (χ3v) is 7.05. The van der Waals surface area contributed by atoms with Crippen molar-refractivity contribution in [1.82, 2.24) is 0 Å². The minimum atomic E-state index is -2.73. The predicted molar refractivity (Wildman–Crippen MR) is 49.4 cm³/mol. The van der Waals surface area contributed by atoms with E-state index in [2.05, 4.69) is 25.3 Å². The first-order chi connectivity index (χ1) is 4.61. The van der Waals surface area contributed by atoms with Crippen LogP contribution in [0.15, 0.2) is 8.42 Å². The summed E-state index contributed by atoms with van der Waals surface area (Å²) in [5.41, 5.74) is 0. The summed E-state index contributed by atoms with van der Waals surface area (Å²) in [6.45, 7) is 0. The quantitative estimate of drug-likeness (QED) is 0.403. The molecule has 1 N–H and O–H groups in total. The predicted octanol–water partition coefficient (Wildman–Crippen LogP) is 0.786. The van der Waals surface area contributed by atoms with Gasteiger partial charge >= 0.3 is 81.6 Å². The summed E-state index contributed by atoms with van der Waals surface area (Å²) in [7, 11) is 0. The molecule has 0 radical (unpaired) electrons. The van der Waals surface area contributed by atoms with E-state index >= 15 is 0 Å². The van der Waals surface area contributed by atoms with Crippen LogP contribution in [0.2, 0.25) is 0 Å². The molecule has 1 heterocycles. The first-order valence-electron chi connectivity index (χ1n) is 2.07. The molecule has 7 heteroatoms. The Bertz CT molecular complexity index is 250. The first kappa shape index (κ1) is 9.12. The van der Waals surface area contributed by atoms with Gasteiger partial charge in [-0.3, -0.25) is 0 Å². The monoisotopic (exact) mass is 279 g/mol. The first-order valence-corrected chi connectivity index (χ1v) is 6.92. The van der Waals surface area contributed by atoms with Crippen LogP contribution in [0.3, 0.4) is 0 Å². The van der Waals surface area contributed by atoms with Gasteiger partial charge in [-0.1, -0.05) is 0 Å². The molecule has 56 valence electrons. The SMILES string of the molecule is O=[Se](O)c1sc(S)c(S)[s+]1. The third-order valence-electron chi connectivity index (χ3n) is 0.686. The van der Waals surface area contributed by atoms with Gasteiger partial charge < -0.3 is 0 Å². The zero-order valence-corrected chi connectivity index (χ0v) is 9.61. The van der Waals surface area contributed by atoms with E-state index in [1.54, 1.807) is 0 Å². The van der Waals surface area contributed by atoms with E-state index in [1.807, 2.05) is 0 Å². The maximum absolute atomic E-state index is 10.5. The van der Waals surface area contributed by atoms with Crippen LogP contribution in [0.25, 0.3) is 0 Å². The maximum atomic E-state index is 10.5. The Hall–Kier alpha value is 1.03. The molecule has 0 fully saturated rings. The second-order valence-electron chi connectivity index (χ2n) is 1.31. The van der Waals surface area contributed by atoms with Gasteiger partial charge in [0.2, 0.25) is 0 Å². The van der Waals surface area contributed by atoms with Gasteiger partial charge in [0, 0.05) is 0 Å². The summed E-state index contributed by atoms with van der Waals surface area (Å²) in [6.07, 6.45) is 0. The van der Waals surface area contributed by atoms with Gasteiger partial charge in [-0.2, -0.15) is 0 Å². The van der Waals surface area contributed by atoms with E-state index in [4.69, 9.17) is 4.19 Å². The average Bonchev–Trinajstić information content (AvgIpc) is 2.13. The minimum absolute atomic E-state index is 0.523. The van der Waals surface area contributed by atoms with Crippen molar-refractivity contribution >= 4 is 65.2 Å². The molecule has 1 aromatic rings. The normalized spacial score (nSPS) is 13.5. The van der Waals surface area contributed by atoms with E-state index in [0.29, 0.717) is 11.5 Å². The van der Waals surface area contributed by atoms with Gasteiger partial charge in [-0.25, -0.2) is 0 Å². The van der Waals surface area contributed by atoms with Crippen LogP contribution in [-0.4, -0.2) is 18.4 Å². The van der Waals surface area contributed by atoms with Gasteiger partial charge in [0.15, 0.2) is 0 Å². The van der Waals surface area contributed by atoms with Gasteiger partial charge in [0.05, 0.1) is 0 Å². The molecule has 0 aliphatic rings. The van der Waals surface area contributed by atoms with Crippen LogP contribution >= 0.6 is 47.9 Å². The fourth-order valence-electron chi connectivity index (χ4n) is 0.337. The Morgan fingerprint density at radius 3 is 2.40 bits per heavy atom. The molecule has 0 aromatic carbocycles. The van der Waals surface area contributed by atoms with Gasteiger partial charge in [0.1, 0.15) is 0 Å². The van der Waals surface area contributed by atoms with E-state index in [9.17, 15) is 3.83 Å². The topological polar surface area (TPSA) is 37.3 Å². The molecular formula is C3H3O2S4Se+. The molecule has 1 atom stereocenters. The van der Waals surface area contributed by atoms with Gasteiger partial charge in [-0.05, 0) is 0 Å². The van der Waals surface area contributed by atoms with Crippen molar-refractivity contribution in [2.45, 2.75) is 8.42 Å². The fourth-order valence-corrected chi connectivity index (χ4v) is 5.86. The number of rotatable bonds is 1. The van der Waals surface area contributed by atoms with Crippen LogP contribution < -0.4 is 3.09 Å². The molecule has 0 saturated heterocycles. The van der Waals surface area contributed by atoms with E-state index in [-0.39, 0.29) is 0 Å². The third kappa shape index (κ3) is 2.01. The van der Waals surface area contributed by atoms with Crippen LogP contribution in [0.1, 0.15) is 0 Å². The number of hydrogen-bond donors (Lipinski definition) is 3. The van der Waals surface area contributed by atoms with Crippen molar-refractivity contribution in [1.29, 1.82) is 0 Å². The second-order valence-corrected chi connectivity index (χ2v) is 8.18. The molecule has 10 heavy (non-hydrogen) atoms. The summed E-state index contributed by atoms with van der Waals surface area (Å²) in [5.74, 6) is 0. The molecule has 0 spiro atoms. The second kappa shape index (κ2) is 3.62. The summed E-state index contributed by atoms with van der Waals surface area (Å²) >= 11 is 7.79. The average molecular weight is 278 g/mol. The van der Waals surface area contributed by atoms with Crippen LogP contribution in [-0.2, 0) is 3.83 Å². The van der Waals surface area contributed by atoms with E-state index in [0.717, 1.165) is 0 Å². The van der Waals surface area contributed by atoms with Crippen molar-refractivity contribution in [2.75, 3.05) is 0 Å². The zero-order valence-electron chi connectivity index (χ0n) is 4.47. The zero-order chi connectivity index (χ0) is 7.72. The summed E-state index contributed by atoms with van der Waals surface area (Å²) in [6, 6.07) is 0. The van der Waals surface area contributed by atoms with Crippen LogP contribution in [0.4, 0.5) is 0 Å². The van der Waals surface area contributed by atoms with Crippen molar-refractivity contribution in [3.8, 4) is 0 Å². The van der Waals surface area contributed by atoms with E-state index < -0.39 is 14.2 Å².